The number of likely N-dealkylation sites (N-methyl/N-ethyl adjacent to an activating group) is 1. The standard InChI is InChI=1S/C28H23N5O5/c1-33-24-13-18(7-9-28(36)16-37-17-28)5-6-25(24)38-15-23(27(33)35)32-26(34)22-12-19(8-10-30-22)11-20-3-2-4-21(14-29)31-20/h2-6,8,10,12-13,23,36H,11,15-17H2,1H3,(H,32,34). The monoisotopic (exact) mass is 509 g/mol. The molecule has 0 radical (unpaired) electrons. The summed E-state index contributed by atoms with van der Waals surface area (Å²) in [6, 6.07) is 14.8. The van der Waals surface area contributed by atoms with E-state index in [0.29, 0.717) is 34.8 Å². The predicted molar refractivity (Wildman–Crippen MR) is 135 cm³/mol. The van der Waals surface area contributed by atoms with Crippen molar-refractivity contribution >= 4 is 17.5 Å². The first-order valence-electron chi connectivity index (χ1n) is 11.8. The fourth-order valence-corrected chi connectivity index (χ4v) is 4.03. The van der Waals surface area contributed by atoms with Crippen LogP contribution in [0.25, 0.3) is 0 Å². The van der Waals surface area contributed by atoms with E-state index in [0.717, 1.165) is 5.56 Å². The maximum atomic E-state index is 13.2. The minimum absolute atomic E-state index is 0.0609. The van der Waals surface area contributed by atoms with Gasteiger partial charge in [-0.05, 0) is 48.0 Å². The topological polar surface area (TPSA) is 138 Å². The Balaban J connectivity index is 1.28. The molecular weight excluding hydrogens is 486 g/mol. The first-order chi connectivity index (χ1) is 18.3. The summed E-state index contributed by atoms with van der Waals surface area (Å²) in [5.74, 6) is 5.30. The van der Waals surface area contributed by atoms with Crippen LogP contribution in [0.2, 0.25) is 0 Å². The lowest BCUT2D eigenvalue weighted by Crippen LogP contribution is -2.49. The lowest BCUT2D eigenvalue weighted by Gasteiger charge is -2.30. The molecule has 4 heterocycles. The van der Waals surface area contributed by atoms with Crippen LogP contribution in [0.15, 0.2) is 54.7 Å². The molecule has 190 valence electrons. The highest BCUT2D eigenvalue weighted by Gasteiger charge is 2.34. The molecule has 10 heteroatoms. The SMILES string of the molecule is CN1C(=O)C(NC(=O)c2cc(Cc3cccc(C#N)n3)ccn2)COc2ccc(C#CC3(O)COC3)cc21. The summed E-state index contributed by atoms with van der Waals surface area (Å²) in [6.07, 6.45) is 1.93. The van der Waals surface area contributed by atoms with Crippen LogP contribution in [0.4, 0.5) is 5.69 Å². The fraction of sp³-hybridized carbons (Fsp3) is 0.250. The maximum absolute atomic E-state index is 13.2. The van der Waals surface area contributed by atoms with Crippen LogP contribution in [0, 0.1) is 23.2 Å². The van der Waals surface area contributed by atoms with E-state index in [1.165, 1.54) is 11.1 Å². The van der Waals surface area contributed by atoms with Crippen molar-refractivity contribution in [1.82, 2.24) is 15.3 Å². The highest BCUT2D eigenvalue weighted by molar-refractivity contribution is 6.03. The number of hydrogen-bond donors (Lipinski definition) is 2. The van der Waals surface area contributed by atoms with Crippen LogP contribution in [0.1, 0.15) is 33.0 Å². The molecule has 1 fully saturated rings. The number of rotatable bonds is 4. The van der Waals surface area contributed by atoms with E-state index in [1.54, 1.807) is 55.6 Å². The maximum Gasteiger partial charge on any atom is 0.270 e. The van der Waals surface area contributed by atoms with Crippen LogP contribution < -0.4 is 15.0 Å². The molecule has 0 bridgehead atoms. The molecule has 2 aliphatic rings. The van der Waals surface area contributed by atoms with Gasteiger partial charge in [0.15, 0.2) is 5.60 Å². The number of anilines is 1. The Kier molecular flexibility index (Phi) is 6.75. The Labute approximate surface area is 218 Å². The summed E-state index contributed by atoms with van der Waals surface area (Å²) in [7, 11) is 1.60. The van der Waals surface area contributed by atoms with Gasteiger partial charge in [-0.25, -0.2) is 4.98 Å². The average Bonchev–Trinajstić information content (AvgIpc) is 3.03. The summed E-state index contributed by atoms with van der Waals surface area (Å²) >= 11 is 0. The lowest BCUT2D eigenvalue weighted by atomic mass is 10.0. The quantitative estimate of drug-likeness (QED) is 0.501. The lowest BCUT2D eigenvalue weighted by molar-refractivity contribution is -0.140. The summed E-state index contributed by atoms with van der Waals surface area (Å²) in [5.41, 5.74) is 1.89. The van der Waals surface area contributed by atoms with Crippen molar-refractivity contribution in [2.24, 2.45) is 0 Å². The number of carbonyl (C=O) groups is 2. The van der Waals surface area contributed by atoms with Crippen molar-refractivity contribution < 1.29 is 24.2 Å². The van der Waals surface area contributed by atoms with E-state index in [4.69, 9.17) is 14.7 Å². The zero-order chi connectivity index (χ0) is 26.7. The van der Waals surface area contributed by atoms with Gasteiger partial charge in [-0.1, -0.05) is 17.9 Å². The van der Waals surface area contributed by atoms with E-state index in [1.807, 2.05) is 6.07 Å². The molecule has 2 amide bonds. The predicted octanol–water partition coefficient (Wildman–Crippen LogP) is 1.21. The van der Waals surface area contributed by atoms with Crippen molar-refractivity contribution in [2.45, 2.75) is 18.1 Å². The molecule has 38 heavy (non-hydrogen) atoms. The number of aromatic nitrogens is 2. The Bertz CT molecular complexity index is 1520. The second kappa shape index (κ2) is 10.3. The Morgan fingerprint density at radius 3 is 2.87 bits per heavy atom. The van der Waals surface area contributed by atoms with Crippen molar-refractivity contribution in [3.05, 3.63) is 82.9 Å². The smallest absolute Gasteiger partial charge is 0.270 e. The van der Waals surface area contributed by atoms with E-state index in [2.05, 4.69) is 27.1 Å². The Morgan fingerprint density at radius 2 is 2.11 bits per heavy atom. The van der Waals surface area contributed by atoms with Gasteiger partial charge in [-0.3, -0.25) is 14.6 Å². The average molecular weight is 510 g/mol. The van der Waals surface area contributed by atoms with E-state index >= 15 is 0 Å². The molecule has 1 aromatic carbocycles. The fourth-order valence-electron chi connectivity index (χ4n) is 4.03. The van der Waals surface area contributed by atoms with Gasteiger partial charge in [0.2, 0.25) is 0 Å². The second-order valence-corrected chi connectivity index (χ2v) is 9.04. The van der Waals surface area contributed by atoms with Crippen LogP contribution in [0.5, 0.6) is 5.75 Å². The van der Waals surface area contributed by atoms with Crippen LogP contribution in [0.3, 0.4) is 0 Å². The van der Waals surface area contributed by atoms with E-state index in [-0.39, 0.29) is 31.4 Å². The summed E-state index contributed by atoms with van der Waals surface area (Å²) in [4.78, 5) is 36.1. The largest absolute Gasteiger partial charge is 0.489 e. The highest BCUT2D eigenvalue weighted by Crippen LogP contribution is 2.31. The summed E-state index contributed by atoms with van der Waals surface area (Å²) in [6.45, 7) is 0.266. The number of hydrogen-bond acceptors (Lipinski definition) is 8. The molecule has 5 rings (SSSR count). The molecule has 0 saturated carbocycles. The molecule has 0 spiro atoms. The Hall–Kier alpha value is -4.77. The van der Waals surface area contributed by atoms with Crippen molar-refractivity contribution in [3.8, 4) is 23.7 Å². The minimum atomic E-state index is -1.15. The zero-order valence-electron chi connectivity index (χ0n) is 20.5. The molecule has 10 nitrogen and oxygen atoms in total. The third-order valence-corrected chi connectivity index (χ3v) is 6.14. The van der Waals surface area contributed by atoms with Gasteiger partial charge >= 0.3 is 0 Å². The highest BCUT2D eigenvalue weighted by atomic mass is 16.5. The molecule has 3 aromatic rings. The number of nitriles is 1. The minimum Gasteiger partial charge on any atom is -0.489 e. The van der Waals surface area contributed by atoms with Crippen molar-refractivity contribution in [2.75, 3.05) is 31.8 Å². The molecule has 2 aliphatic heterocycles. The number of benzene rings is 1. The number of amides is 2. The zero-order valence-corrected chi connectivity index (χ0v) is 20.5. The van der Waals surface area contributed by atoms with Gasteiger partial charge < -0.3 is 24.8 Å². The van der Waals surface area contributed by atoms with Crippen LogP contribution in [-0.4, -0.2) is 65.4 Å². The third-order valence-electron chi connectivity index (χ3n) is 6.14. The second-order valence-electron chi connectivity index (χ2n) is 9.04. The van der Waals surface area contributed by atoms with E-state index < -0.39 is 17.6 Å². The number of nitrogens with zero attached hydrogens (tertiary/aromatic N) is 4. The number of fused-ring (bicyclic) bond motifs is 1. The summed E-state index contributed by atoms with van der Waals surface area (Å²) in [5, 5.41) is 21.9. The first kappa shape index (κ1) is 24.9. The Morgan fingerprint density at radius 1 is 1.26 bits per heavy atom. The van der Waals surface area contributed by atoms with Gasteiger partial charge in [0.1, 0.15) is 35.9 Å². The molecular formula is C28H23N5O5. The van der Waals surface area contributed by atoms with Crippen LogP contribution in [-0.2, 0) is 16.0 Å². The van der Waals surface area contributed by atoms with E-state index in [9.17, 15) is 14.7 Å². The number of pyridine rings is 2. The normalized spacial score (nSPS) is 17.4. The van der Waals surface area contributed by atoms with Gasteiger partial charge in [-0.2, -0.15) is 5.26 Å². The molecule has 1 unspecified atom stereocenters. The first-order valence-corrected chi connectivity index (χ1v) is 11.8. The van der Waals surface area contributed by atoms with Gasteiger partial charge in [0.25, 0.3) is 11.8 Å². The van der Waals surface area contributed by atoms with Crippen LogP contribution >= 0.6 is 0 Å². The number of aliphatic hydroxyl groups is 1. The molecule has 2 aromatic heterocycles. The third kappa shape index (κ3) is 5.32. The molecule has 1 atom stereocenters. The van der Waals surface area contributed by atoms with Gasteiger partial charge in [0, 0.05) is 30.9 Å². The summed E-state index contributed by atoms with van der Waals surface area (Å²) < 4.78 is 10.8. The molecule has 2 N–H and O–H groups in total. The van der Waals surface area contributed by atoms with Gasteiger partial charge in [0.05, 0.1) is 18.9 Å². The van der Waals surface area contributed by atoms with Crippen molar-refractivity contribution in [3.63, 3.8) is 0 Å². The number of nitrogens with one attached hydrogen (secondary N) is 1. The number of carbonyl (C=O) groups excluding carboxylic acids is 2. The molecule has 1 saturated heterocycles. The number of ether oxygens (including phenoxy) is 2. The van der Waals surface area contributed by atoms with Gasteiger partial charge in [-0.15, -0.1) is 0 Å². The van der Waals surface area contributed by atoms with Crippen molar-refractivity contribution in [1.29, 1.82) is 5.26 Å². The molecule has 0 aliphatic carbocycles.